The van der Waals surface area contributed by atoms with Gasteiger partial charge in [0.25, 0.3) is 5.91 Å². The van der Waals surface area contributed by atoms with Crippen molar-refractivity contribution in [1.82, 2.24) is 5.43 Å². The molecule has 1 N–H and O–H groups in total. The van der Waals surface area contributed by atoms with Gasteiger partial charge in [-0.2, -0.15) is 5.10 Å². The minimum atomic E-state index is -0.275. The molecule has 5 heteroatoms. The Morgan fingerprint density at radius 2 is 2.05 bits per heavy atom. The number of nitrogens with zero attached hydrogens (tertiary/aromatic N) is 1. The smallest absolute Gasteiger partial charge is 0.271 e. The van der Waals surface area contributed by atoms with Crippen molar-refractivity contribution >= 4 is 11.6 Å². The van der Waals surface area contributed by atoms with E-state index in [1.807, 2.05) is 6.92 Å². The predicted molar refractivity (Wildman–Crippen MR) is 80.6 cm³/mol. The van der Waals surface area contributed by atoms with Gasteiger partial charge in [-0.15, -0.1) is 0 Å². The largest absolute Gasteiger partial charge is 0.494 e. The molecule has 0 saturated carbocycles. The Hall–Kier alpha value is -2.56. The maximum Gasteiger partial charge on any atom is 0.271 e. The van der Waals surface area contributed by atoms with E-state index in [-0.39, 0.29) is 5.91 Å². The van der Waals surface area contributed by atoms with Gasteiger partial charge in [0.1, 0.15) is 17.2 Å². The van der Waals surface area contributed by atoms with Crippen LogP contribution in [0.4, 0.5) is 0 Å². The summed E-state index contributed by atoms with van der Waals surface area (Å²) < 4.78 is 10.7. The van der Waals surface area contributed by atoms with Crippen LogP contribution in [0.5, 0.6) is 5.75 Å². The van der Waals surface area contributed by atoms with Crippen LogP contribution in [0.2, 0.25) is 0 Å². The van der Waals surface area contributed by atoms with E-state index in [9.17, 15) is 4.79 Å². The molecule has 21 heavy (non-hydrogen) atoms. The highest BCUT2D eigenvalue weighted by Gasteiger charge is 2.06. The summed E-state index contributed by atoms with van der Waals surface area (Å²) in [7, 11) is 0. The van der Waals surface area contributed by atoms with E-state index < -0.39 is 0 Å². The number of hydrazone groups is 1. The van der Waals surface area contributed by atoms with Gasteiger partial charge in [-0.05, 0) is 49.7 Å². The first kappa shape index (κ1) is 14.8. The molecule has 1 aromatic heterocycles. The zero-order valence-corrected chi connectivity index (χ0v) is 12.1. The third-order valence-electron chi connectivity index (χ3n) is 2.79. The molecule has 2 aromatic rings. The standard InChI is InChI=1S/C16H18N2O3/c1-3-10-20-14-8-6-13(7-9-14)16(19)18-17-12(2)15-5-4-11-21-15/h4-9,11H,3,10H2,1-2H3,(H,18,19)/b17-12+. The number of amides is 1. The minimum absolute atomic E-state index is 0.275. The molecule has 1 heterocycles. The number of nitrogens with one attached hydrogen (secondary N) is 1. The molecule has 5 nitrogen and oxygen atoms in total. The Morgan fingerprint density at radius 3 is 2.67 bits per heavy atom. The van der Waals surface area contributed by atoms with Crippen molar-refractivity contribution in [2.45, 2.75) is 20.3 Å². The molecular weight excluding hydrogens is 268 g/mol. The Bertz CT molecular complexity index is 601. The Labute approximate surface area is 123 Å². The van der Waals surface area contributed by atoms with Gasteiger partial charge >= 0.3 is 0 Å². The summed E-state index contributed by atoms with van der Waals surface area (Å²) in [6, 6.07) is 10.5. The highest BCUT2D eigenvalue weighted by molar-refractivity contribution is 5.99. The quantitative estimate of drug-likeness (QED) is 0.655. The van der Waals surface area contributed by atoms with Crippen LogP contribution in [-0.4, -0.2) is 18.2 Å². The van der Waals surface area contributed by atoms with Gasteiger partial charge in [-0.3, -0.25) is 4.79 Å². The molecule has 0 atom stereocenters. The van der Waals surface area contributed by atoms with E-state index in [4.69, 9.17) is 9.15 Å². The van der Waals surface area contributed by atoms with E-state index in [1.165, 1.54) is 0 Å². The van der Waals surface area contributed by atoms with Crippen LogP contribution < -0.4 is 10.2 Å². The van der Waals surface area contributed by atoms with Crippen molar-refractivity contribution in [2.75, 3.05) is 6.61 Å². The fourth-order valence-electron chi connectivity index (χ4n) is 1.66. The molecule has 0 saturated heterocycles. The molecule has 1 aromatic carbocycles. The number of carbonyl (C=O) groups is 1. The van der Waals surface area contributed by atoms with Gasteiger partial charge in [-0.1, -0.05) is 6.92 Å². The second-order valence-corrected chi connectivity index (χ2v) is 4.49. The fourth-order valence-corrected chi connectivity index (χ4v) is 1.66. The van der Waals surface area contributed by atoms with Crippen LogP contribution in [0.15, 0.2) is 52.2 Å². The number of hydrogen-bond acceptors (Lipinski definition) is 4. The van der Waals surface area contributed by atoms with Crippen LogP contribution in [-0.2, 0) is 0 Å². The van der Waals surface area contributed by atoms with Crippen molar-refractivity contribution in [1.29, 1.82) is 0 Å². The summed E-state index contributed by atoms with van der Waals surface area (Å²) in [4.78, 5) is 12.0. The third kappa shape index (κ3) is 4.21. The van der Waals surface area contributed by atoms with Gasteiger partial charge in [0, 0.05) is 5.56 Å². The first-order chi connectivity index (χ1) is 10.2. The number of ether oxygens (including phenoxy) is 1. The molecule has 0 unspecified atom stereocenters. The van der Waals surface area contributed by atoms with E-state index in [0.717, 1.165) is 12.2 Å². The lowest BCUT2D eigenvalue weighted by Gasteiger charge is -2.05. The van der Waals surface area contributed by atoms with E-state index in [0.29, 0.717) is 23.6 Å². The maximum atomic E-state index is 12.0. The molecule has 1 amide bonds. The number of hydrogen-bond donors (Lipinski definition) is 1. The van der Waals surface area contributed by atoms with Gasteiger partial charge in [0.2, 0.25) is 0 Å². The highest BCUT2D eigenvalue weighted by atomic mass is 16.5. The topological polar surface area (TPSA) is 63.8 Å². The third-order valence-corrected chi connectivity index (χ3v) is 2.79. The molecule has 0 fully saturated rings. The minimum Gasteiger partial charge on any atom is -0.494 e. The summed E-state index contributed by atoms with van der Waals surface area (Å²) in [5, 5.41) is 4.01. The van der Waals surface area contributed by atoms with Crippen LogP contribution >= 0.6 is 0 Å². The van der Waals surface area contributed by atoms with Crippen molar-refractivity contribution in [3.8, 4) is 5.75 Å². The molecular formula is C16H18N2O3. The maximum absolute atomic E-state index is 12.0. The number of carbonyl (C=O) groups excluding carboxylic acids is 1. The first-order valence-electron chi connectivity index (χ1n) is 6.82. The molecule has 0 aliphatic heterocycles. The normalized spacial score (nSPS) is 11.2. The molecule has 2 rings (SSSR count). The zero-order chi connectivity index (χ0) is 15.1. The average Bonchev–Trinajstić information content (AvgIpc) is 3.05. The average molecular weight is 286 g/mol. The van der Waals surface area contributed by atoms with Crippen molar-refractivity contribution < 1.29 is 13.9 Å². The highest BCUT2D eigenvalue weighted by Crippen LogP contribution is 2.12. The van der Waals surface area contributed by atoms with Crippen LogP contribution in [0.1, 0.15) is 36.4 Å². The molecule has 0 radical (unpaired) electrons. The lowest BCUT2D eigenvalue weighted by Crippen LogP contribution is -2.19. The lowest BCUT2D eigenvalue weighted by molar-refractivity contribution is 0.0955. The molecule has 0 aliphatic rings. The summed E-state index contributed by atoms with van der Waals surface area (Å²) in [5.74, 6) is 1.10. The molecule has 0 bridgehead atoms. The summed E-state index contributed by atoms with van der Waals surface area (Å²) in [6.07, 6.45) is 2.51. The molecule has 0 aliphatic carbocycles. The predicted octanol–water partition coefficient (Wildman–Crippen LogP) is 3.22. The van der Waals surface area contributed by atoms with Gasteiger partial charge in [-0.25, -0.2) is 5.43 Å². The Kier molecular flexibility index (Phi) is 5.15. The van der Waals surface area contributed by atoms with Gasteiger partial charge in [0.15, 0.2) is 0 Å². The lowest BCUT2D eigenvalue weighted by atomic mass is 10.2. The monoisotopic (exact) mass is 286 g/mol. The van der Waals surface area contributed by atoms with Crippen LogP contribution in [0, 0.1) is 0 Å². The van der Waals surface area contributed by atoms with E-state index in [2.05, 4.69) is 10.5 Å². The molecule has 0 spiro atoms. The zero-order valence-electron chi connectivity index (χ0n) is 12.1. The van der Waals surface area contributed by atoms with Crippen molar-refractivity contribution in [3.63, 3.8) is 0 Å². The summed E-state index contributed by atoms with van der Waals surface area (Å²) >= 11 is 0. The summed E-state index contributed by atoms with van der Waals surface area (Å²) in [6.45, 7) is 4.47. The molecule has 110 valence electrons. The fraction of sp³-hybridized carbons (Fsp3) is 0.250. The van der Waals surface area contributed by atoms with Crippen LogP contribution in [0.3, 0.4) is 0 Å². The number of furan rings is 1. The van der Waals surface area contributed by atoms with Crippen molar-refractivity contribution in [3.05, 3.63) is 54.0 Å². The van der Waals surface area contributed by atoms with Gasteiger partial charge < -0.3 is 9.15 Å². The SMILES string of the molecule is CCCOc1ccc(C(=O)N/N=C(\C)c2ccco2)cc1. The second kappa shape index (κ2) is 7.28. The number of benzene rings is 1. The van der Waals surface area contributed by atoms with Gasteiger partial charge in [0.05, 0.1) is 12.9 Å². The summed E-state index contributed by atoms with van der Waals surface area (Å²) in [5.41, 5.74) is 3.63. The van der Waals surface area contributed by atoms with Crippen molar-refractivity contribution in [2.24, 2.45) is 5.10 Å². The van der Waals surface area contributed by atoms with E-state index in [1.54, 1.807) is 49.6 Å². The van der Waals surface area contributed by atoms with E-state index >= 15 is 0 Å². The number of rotatable bonds is 6. The Morgan fingerprint density at radius 1 is 1.29 bits per heavy atom. The first-order valence-corrected chi connectivity index (χ1v) is 6.82. The van der Waals surface area contributed by atoms with Crippen LogP contribution in [0.25, 0.3) is 0 Å². The second-order valence-electron chi connectivity index (χ2n) is 4.49. The Balaban J connectivity index is 1.95.